The minimum atomic E-state index is -4.78. The molecule has 0 spiro atoms. The molecule has 2 aliphatic heterocycles. The molecule has 4 atom stereocenters. The average molecular weight is 545 g/mol. The van der Waals surface area contributed by atoms with E-state index in [0.29, 0.717) is 32.4 Å². The Balaban J connectivity index is 1.53. The molecule has 8 nitrogen and oxygen atoms in total. The number of ether oxygens (including phenoxy) is 2. The molecular weight excluding hydrogens is 513 g/mol. The molecule has 1 saturated heterocycles. The number of aromatic nitrogens is 1. The molecule has 1 aromatic heterocycles. The van der Waals surface area contributed by atoms with E-state index in [1.54, 1.807) is 12.1 Å². The fraction of sp³-hybridized carbons (Fsp3) is 0.429. The van der Waals surface area contributed by atoms with Gasteiger partial charge in [-0.25, -0.2) is 0 Å². The van der Waals surface area contributed by atoms with Gasteiger partial charge in [0.1, 0.15) is 11.8 Å². The second-order valence-electron chi connectivity index (χ2n) is 10.0. The van der Waals surface area contributed by atoms with Gasteiger partial charge >= 0.3 is 12.3 Å². The minimum Gasteiger partial charge on any atom is -0.468 e. The van der Waals surface area contributed by atoms with Gasteiger partial charge in [0.05, 0.1) is 13.2 Å². The molecule has 0 radical (unpaired) electrons. The molecule has 39 heavy (non-hydrogen) atoms. The number of esters is 1. The van der Waals surface area contributed by atoms with Gasteiger partial charge in [0, 0.05) is 55.1 Å². The number of carbonyl (C=O) groups excluding carboxylic acids is 2. The highest BCUT2D eigenvalue weighted by Crippen LogP contribution is 2.49. The number of aromatic amines is 1. The van der Waals surface area contributed by atoms with Crippen molar-refractivity contribution in [2.45, 2.75) is 56.7 Å². The molecule has 1 fully saturated rings. The maximum atomic E-state index is 13.2. The first-order valence-corrected chi connectivity index (χ1v) is 12.9. The van der Waals surface area contributed by atoms with Crippen LogP contribution in [0.15, 0.2) is 48.5 Å². The third kappa shape index (κ3) is 5.74. The fourth-order valence-corrected chi connectivity index (χ4v) is 6.04. The minimum absolute atomic E-state index is 0.0202. The summed E-state index contributed by atoms with van der Waals surface area (Å²) in [5.41, 5.74) is 3.87. The molecule has 1 amide bonds. The first-order chi connectivity index (χ1) is 18.6. The zero-order valence-corrected chi connectivity index (χ0v) is 21.7. The van der Waals surface area contributed by atoms with Gasteiger partial charge < -0.3 is 25.1 Å². The highest BCUT2D eigenvalue weighted by atomic mass is 19.4. The van der Waals surface area contributed by atoms with E-state index in [1.165, 1.54) is 26.2 Å². The zero-order valence-electron chi connectivity index (χ0n) is 21.7. The van der Waals surface area contributed by atoms with Crippen LogP contribution < -0.4 is 15.4 Å². The molecule has 0 bridgehead atoms. The number of amides is 1. The Morgan fingerprint density at radius 3 is 2.46 bits per heavy atom. The third-order valence-electron chi connectivity index (χ3n) is 7.58. The van der Waals surface area contributed by atoms with E-state index >= 15 is 0 Å². The first-order valence-electron chi connectivity index (χ1n) is 12.9. The Kier molecular flexibility index (Phi) is 7.55. The van der Waals surface area contributed by atoms with Gasteiger partial charge in [-0.1, -0.05) is 30.3 Å². The quantitative estimate of drug-likeness (QED) is 0.306. The molecule has 3 aromatic rings. The van der Waals surface area contributed by atoms with Crippen LogP contribution in [0.1, 0.15) is 48.7 Å². The van der Waals surface area contributed by atoms with Crippen molar-refractivity contribution >= 4 is 22.8 Å². The van der Waals surface area contributed by atoms with Crippen LogP contribution in [0.4, 0.5) is 13.2 Å². The Hall–Kier alpha value is -3.57. The van der Waals surface area contributed by atoms with Crippen LogP contribution in [0.25, 0.3) is 10.9 Å². The van der Waals surface area contributed by atoms with E-state index in [9.17, 15) is 22.8 Å². The number of alkyl halides is 3. The number of piperidine rings is 1. The Labute approximate surface area is 223 Å². The molecule has 0 unspecified atom stereocenters. The fourth-order valence-electron chi connectivity index (χ4n) is 6.04. The summed E-state index contributed by atoms with van der Waals surface area (Å²) >= 11 is 0. The largest absolute Gasteiger partial charge is 0.573 e. The van der Waals surface area contributed by atoms with Crippen molar-refractivity contribution in [1.82, 2.24) is 20.5 Å². The maximum Gasteiger partial charge on any atom is 0.573 e. The number of benzene rings is 2. The van der Waals surface area contributed by atoms with Gasteiger partial charge in [0.15, 0.2) is 0 Å². The van der Waals surface area contributed by atoms with Crippen molar-refractivity contribution in [3.8, 4) is 5.75 Å². The van der Waals surface area contributed by atoms with Gasteiger partial charge in [-0.15, -0.1) is 13.2 Å². The predicted octanol–water partition coefficient (Wildman–Crippen LogP) is 4.14. The standard InChI is InChI=1S/C28H31F3N4O4/c1-16(36)32-11-12-33-18-13-23(17-7-9-19(10-8-17)39-28(29,30)31)35-24(14-18)26-21(15-25(35)27(37)38-2)20-5-3-4-6-22(20)34-26/h3-10,18,23-25,33-34H,11-15H2,1-2H3,(H,32,36)/t18-,23-,24+,25-/m0/s1. The smallest absolute Gasteiger partial charge is 0.468 e. The molecule has 11 heteroatoms. The lowest BCUT2D eigenvalue weighted by Gasteiger charge is -2.50. The molecule has 0 aliphatic carbocycles. The van der Waals surface area contributed by atoms with Gasteiger partial charge in [-0.05, 0) is 42.2 Å². The van der Waals surface area contributed by atoms with E-state index in [1.807, 2.05) is 24.3 Å². The molecular formula is C28H31F3N4O4. The summed E-state index contributed by atoms with van der Waals surface area (Å²) in [5.74, 6) is -0.763. The summed E-state index contributed by atoms with van der Waals surface area (Å²) in [4.78, 5) is 30.2. The topological polar surface area (TPSA) is 95.7 Å². The van der Waals surface area contributed by atoms with Gasteiger partial charge in [-0.2, -0.15) is 0 Å². The van der Waals surface area contributed by atoms with E-state index in [0.717, 1.165) is 27.7 Å². The van der Waals surface area contributed by atoms with E-state index in [-0.39, 0.29) is 35.8 Å². The number of para-hydroxylation sites is 1. The number of hydrogen-bond acceptors (Lipinski definition) is 6. The van der Waals surface area contributed by atoms with E-state index in [2.05, 4.69) is 25.3 Å². The van der Waals surface area contributed by atoms with Gasteiger partial charge in [-0.3, -0.25) is 14.5 Å². The number of H-pyrrole nitrogens is 1. The summed E-state index contributed by atoms with van der Waals surface area (Å²) in [6, 6.07) is 12.8. The zero-order chi connectivity index (χ0) is 27.7. The maximum absolute atomic E-state index is 13.2. The molecule has 0 saturated carbocycles. The van der Waals surface area contributed by atoms with Crippen molar-refractivity contribution in [2.75, 3.05) is 20.2 Å². The first kappa shape index (κ1) is 27.0. The number of carbonyl (C=O) groups is 2. The summed E-state index contributed by atoms with van der Waals surface area (Å²) in [6.45, 7) is 2.49. The predicted molar refractivity (Wildman–Crippen MR) is 138 cm³/mol. The highest BCUT2D eigenvalue weighted by molar-refractivity contribution is 5.87. The van der Waals surface area contributed by atoms with Crippen molar-refractivity contribution in [2.24, 2.45) is 0 Å². The lowest BCUT2D eigenvalue weighted by Crippen LogP contribution is -2.56. The number of nitrogens with one attached hydrogen (secondary N) is 3. The Morgan fingerprint density at radius 2 is 1.77 bits per heavy atom. The summed E-state index contributed by atoms with van der Waals surface area (Å²) < 4.78 is 47.6. The molecule has 5 rings (SSSR count). The normalized spacial score (nSPS) is 23.1. The third-order valence-corrected chi connectivity index (χ3v) is 7.58. The molecule has 3 heterocycles. The van der Waals surface area contributed by atoms with Crippen molar-refractivity contribution in [3.63, 3.8) is 0 Å². The van der Waals surface area contributed by atoms with E-state index in [4.69, 9.17) is 4.74 Å². The molecule has 2 aliphatic rings. The van der Waals surface area contributed by atoms with Crippen LogP contribution in [-0.2, 0) is 20.7 Å². The summed E-state index contributed by atoms with van der Waals surface area (Å²) in [6.07, 6.45) is -3.03. The van der Waals surface area contributed by atoms with Crippen molar-refractivity contribution < 1.29 is 32.2 Å². The number of fused-ring (bicyclic) bond motifs is 5. The van der Waals surface area contributed by atoms with Crippen LogP contribution in [0, 0.1) is 0 Å². The number of methoxy groups -OCH3 is 1. The summed E-state index contributed by atoms with van der Waals surface area (Å²) in [7, 11) is 1.37. The highest BCUT2D eigenvalue weighted by Gasteiger charge is 2.48. The second-order valence-corrected chi connectivity index (χ2v) is 10.0. The number of rotatable bonds is 7. The average Bonchev–Trinajstić information content (AvgIpc) is 3.28. The van der Waals surface area contributed by atoms with Crippen LogP contribution >= 0.6 is 0 Å². The van der Waals surface area contributed by atoms with Crippen LogP contribution in [0.3, 0.4) is 0 Å². The number of nitrogens with zero attached hydrogens (tertiary/aromatic N) is 1. The number of halogens is 3. The molecule has 2 aromatic carbocycles. The lowest BCUT2D eigenvalue weighted by atomic mass is 9.79. The van der Waals surface area contributed by atoms with Crippen LogP contribution in [-0.4, -0.2) is 60.4 Å². The van der Waals surface area contributed by atoms with Crippen molar-refractivity contribution in [3.05, 3.63) is 65.4 Å². The molecule has 3 N–H and O–H groups in total. The van der Waals surface area contributed by atoms with Gasteiger partial charge in [0.2, 0.25) is 5.91 Å². The SMILES string of the molecule is COC(=O)[C@@H]1Cc2c([nH]c3ccccc23)[C@H]2C[C@@H](NCCNC(C)=O)C[C@@H](c3ccc(OC(F)(F)F)cc3)N21. The Bertz CT molecular complexity index is 1340. The monoisotopic (exact) mass is 544 g/mol. The van der Waals surface area contributed by atoms with Crippen LogP contribution in [0.2, 0.25) is 0 Å². The number of hydrogen-bond donors (Lipinski definition) is 3. The van der Waals surface area contributed by atoms with E-state index < -0.39 is 12.4 Å². The van der Waals surface area contributed by atoms with Crippen LogP contribution in [0.5, 0.6) is 5.75 Å². The van der Waals surface area contributed by atoms with Crippen molar-refractivity contribution in [1.29, 1.82) is 0 Å². The lowest BCUT2D eigenvalue weighted by molar-refractivity contribution is -0.274. The molecule has 208 valence electrons. The van der Waals surface area contributed by atoms with Gasteiger partial charge in [0.25, 0.3) is 0 Å². The Morgan fingerprint density at radius 1 is 1.05 bits per heavy atom. The second kappa shape index (κ2) is 10.9. The summed E-state index contributed by atoms with van der Waals surface area (Å²) in [5, 5.41) is 7.38.